The van der Waals surface area contributed by atoms with Crippen LogP contribution in [0.5, 0.6) is 11.5 Å². The summed E-state index contributed by atoms with van der Waals surface area (Å²) in [4.78, 5) is 29.6. The van der Waals surface area contributed by atoms with Crippen LogP contribution in [0.2, 0.25) is 0 Å². The Morgan fingerprint density at radius 3 is 2.62 bits per heavy atom. The molecular formula is C23H20N4O5. The number of carbonyl (C=O) groups excluding carboxylic acids is 1. The van der Waals surface area contributed by atoms with E-state index in [1.54, 1.807) is 37.4 Å². The van der Waals surface area contributed by atoms with Crippen LogP contribution >= 0.6 is 0 Å². The second-order valence-electron chi connectivity index (χ2n) is 7.02. The Kier molecular flexibility index (Phi) is 5.46. The summed E-state index contributed by atoms with van der Waals surface area (Å²) < 4.78 is 16.1. The summed E-state index contributed by atoms with van der Waals surface area (Å²) in [6.45, 7) is 1.87. The number of carbonyl (C=O) groups is 1. The molecule has 0 aliphatic carbocycles. The maximum atomic E-state index is 12.9. The molecule has 0 fully saturated rings. The van der Waals surface area contributed by atoms with E-state index in [9.17, 15) is 9.59 Å². The lowest BCUT2D eigenvalue weighted by molar-refractivity contribution is 0.0956. The predicted octanol–water partition coefficient (Wildman–Crippen LogP) is 3.01. The van der Waals surface area contributed by atoms with Crippen LogP contribution in [0.25, 0.3) is 22.1 Å². The van der Waals surface area contributed by atoms with E-state index in [4.69, 9.17) is 19.6 Å². The first-order valence-corrected chi connectivity index (χ1v) is 9.60. The van der Waals surface area contributed by atoms with E-state index in [0.29, 0.717) is 28.0 Å². The van der Waals surface area contributed by atoms with Crippen LogP contribution in [-0.2, 0) is 0 Å². The standard InChI is InChI=1S/C23H20N4O5/c1-12-4-6-17-14(8-12)20(28)15-10-16(21(24)26-23(15)32-17)22(29)27-25-11-13-5-7-18(30-2)19(9-13)31-3/h4-11H,1-3H3,(H2,24,26)(H,27,29)/b25-11+. The molecule has 4 rings (SSSR count). The summed E-state index contributed by atoms with van der Waals surface area (Å²) in [6, 6.07) is 11.8. The number of nitrogens with two attached hydrogens (primary N) is 1. The van der Waals surface area contributed by atoms with Gasteiger partial charge in [-0.2, -0.15) is 10.1 Å². The lowest BCUT2D eigenvalue weighted by Crippen LogP contribution is -2.20. The highest BCUT2D eigenvalue weighted by atomic mass is 16.5. The molecule has 2 heterocycles. The number of benzene rings is 2. The van der Waals surface area contributed by atoms with Crippen LogP contribution in [-0.4, -0.2) is 31.3 Å². The van der Waals surface area contributed by atoms with Gasteiger partial charge in [-0.25, -0.2) is 5.43 Å². The molecule has 9 heteroatoms. The number of nitrogen functional groups attached to an aromatic ring is 1. The molecule has 0 atom stereocenters. The van der Waals surface area contributed by atoms with Crippen LogP contribution in [0.1, 0.15) is 21.5 Å². The fraction of sp³-hybridized carbons (Fsp3) is 0.130. The molecule has 0 saturated heterocycles. The van der Waals surface area contributed by atoms with Crippen LogP contribution in [0.15, 0.2) is 56.8 Å². The minimum atomic E-state index is -0.614. The first-order chi connectivity index (χ1) is 15.4. The van der Waals surface area contributed by atoms with Crippen molar-refractivity contribution in [1.82, 2.24) is 10.4 Å². The minimum absolute atomic E-state index is 0.0151. The SMILES string of the molecule is COc1ccc(/C=N/NC(=O)c2cc3c(=O)c4cc(C)ccc4oc3nc2N)cc1OC. The molecule has 0 radical (unpaired) electrons. The number of nitrogens with zero attached hydrogens (tertiary/aromatic N) is 2. The average Bonchev–Trinajstić information content (AvgIpc) is 2.79. The number of rotatable bonds is 5. The first kappa shape index (κ1) is 20.9. The maximum Gasteiger partial charge on any atom is 0.275 e. The lowest BCUT2D eigenvalue weighted by Gasteiger charge is -2.08. The van der Waals surface area contributed by atoms with E-state index in [2.05, 4.69) is 15.5 Å². The summed E-state index contributed by atoms with van der Waals surface area (Å²) in [6.07, 6.45) is 1.44. The molecule has 162 valence electrons. The molecule has 0 spiro atoms. The number of fused-ring (bicyclic) bond motifs is 2. The van der Waals surface area contributed by atoms with E-state index < -0.39 is 5.91 Å². The summed E-state index contributed by atoms with van der Waals surface area (Å²) in [5.41, 5.74) is 10.1. The van der Waals surface area contributed by atoms with Gasteiger partial charge in [0.05, 0.1) is 36.8 Å². The summed E-state index contributed by atoms with van der Waals surface area (Å²) >= 11 is 0. The normalized spacial score (nSPS) is 11.2. The Morgan fingerprint density at radius 2 is 1.88 bits per heavy atom. The number of anilines is 1. The summed E-state index contributed by atoms with van der Waals surface area (Å²) in [7, 11) is 3.07. The molecule has 0 aliphatic rings. The van der Waals surface area contributed by atoms with Crippen LogP contribution < -0.4 is 26.1 Å². The van der Waals surface area contributed by atoms with E-state index >= 15 is 0 Å². The maximum absolute atomic E-state index is 12.9. The third kappa shape index (κ3) is 3.83. The highest BCUT2D eigenvalue weighted by Gasteiger charge is 2.16. The van der Waals surface area contributed by atoms with Crippen LogP contribution in [0, 0.1) is 6.92 Å². The molecular weight excluding hydrogens is 412 g/mol. The van der Waals surface area contributed by atoms with Crippen molar-refractivity contribution in [3.05, 3.63) is 69.4 Å². The predicted molar refractivity (Wildman–Crippen MR) is 122 cm³/mol. The van der Waals surface area contributed by atoms with Gasteiger partial charge in [0.1, 0.15) is 11.4 Å². The highest BCUT2D eigenvalue weighted by Crippen LogP contribution is 2.27. The molecule has 2 aromatic carbocycles. The van der Waals surface area contributed by atoms with Crippen LogP contribution in [0.3, 0.4) is 0 Å². The second kappa shape index (κ2) is 8.38. The van der Waals surface area contributed by atoms with E-state index in [-0.39, 0.29) is 27.9 Å². The number of hydrogen-bond donors (Lipinski definition) is 2. The van der Waals surface area contributed by atoms with Gasteiger partial charge in [-0.3, -0.25) is 9.59 Å². The van der Waals surface area contributed by atoms with Crippen molar-refractivity contribution in [1.29, 1.82) is 0 Å². The molecule has 0 aliphatic heterocycles. The molecule has 1 amide bonds. The molecule has 0 saturated carbocycles. The molecule has 0 unspecified atom stereocenters. The van der Waals surface area contributed by atoms with E-state index in [1.807, 2.05) is 13.0 Å². The Hall–Kier alpha value is -4.40. The molecule has 3 N–H and O–H groups in total. The van der Waals surface area contributed by atoms with Crippen molar-refractivity contribution in [3.63, 3.8) is 0 Å². The average molecular weight is 432 g/mol. The molecule has 32 heavy (non-hydrogen) atoms. The monoisotopic (exact) mass is 432 g/mol. The Morgan fingerprint density at radius 1 is 1.09 bits per heavy atom. The van der Waals surface area contributed by atoms with Crippen LogP contribution in [0.4, 0.5) is 5.82 Å². The molecule has 4 aromatic rings. The number of hydrazone groups is 1. The number of aromatic nitrogens is 1. The van der Waals surface area contributed by atoms with Crippen molar-refractivity contribution in [2.75, 3.05) is 20.0 Å². The molecule has 0 bridgehead atoms. The number of pyridine rings is 1. The van der Waals surface area contributed by atoms with Gasteiger partial charge < -0.3 is 19.6 Å². The highest BCUT2D eigenvalue weighted by molar-refractivity contribution is 6.02. The van der Waals surface area contributed by atoms with Crippen molar-refractivity contribution in [3.8, 4) is 11.5 Å². The van der Waals surface area contributed by atoms with Gasteiger partial charge in [0.15, 0.2) is 11.5 Å². The number of nitrogens with one attached hydrogen (secondary N) is 1. The Labute approximate surface area is 182 Å². The van der Waals surface area contributed by atoms with Gasteiger partial charge in [-0.05, 0) is 48.9 Å². The summed E-state index contributed by atoms with van der Waals surface area (Å²) in [5.74, 6) is 0.411. The molecule has 2 aromatic heterocycles. The Bertz CT molecular complexity index is 1440. The largest absolute Gasteiger partial charge is 0.493 e. The molecule has 9 nitrogen and oxygen atoms in total. The third-order valence-corrected chi connectivity index (χ3v) is 4.88. The smallest absolute Gasteiger partial charge is 0.275 e. The van der Waals surface area contributed by atoms with Crippen molar-refractivity contribution >= 4 is 40.0 Å². The fourth-order valence-electron chi connectivity index (χ4n) is 3.25. The van der Waals surface area contributed by atoms with Crippen molar-refractivity contribution in [2.45, 2.75) is 6.92 Å². The zero-order chi connectivity index (χ0) is 22.8. The zero-order valence-corrected chi connectivity index (χ0v) is 17.6. The van der Waals surface area contributed by atoms with E-state index in [1.165, 1.54) is 19.4 Å². The second-order valence-corrected chi connectivity index (χ2v) is 7.02. The zero-order valence-electron chi connectivity index (χ0n) is 17.6. The van der Waals surface area contributed by atoms with Gasteiger partial charge in [0.2, 0.25) is 11.1 Å². The third-order valence-electron chi connectivity index (χ3n) is 4.88. The van der Waals surface area contributed by atoms with Gasteiger partial charge in [0, 0.05) is 0 Å². The van der Waals surface area contributed by atoms with Gasteiger partial charge >= 0.3 is 0 Å². The summed E-state index contributed by atoms with van der Waals surface area (Å²) in [5, 5.41) is 4.51. The van der Waals surface area contributed by atoms with Gasteiger partial charge in [-0.1, -0.05) is 11.6 Å². The minimum Gasteiger partial charge on any atom is -0.493 e. The van der Waals surface area contributed by atoms with Crippen molar-refractivity contribution < 1.29 is 18.7 Å². The quantitative estimate of drug-likeness (QED) is 0.282. The number of ether oxygens (including phenoxy) is 2. The van der Waals surface area contributed by atoms with Gasteiger partial charge in [-0.15, -0.1) is 0 Å². The number of hydrogen-bond acceptors (Lipinski definition) is 8. The number of aryl methyl sites for hydroxylation is 1. The van der Waals surface area contributed by atoms with Gasteiger partial charge in [0.25, 0.3) is 5.91 Å². The van der Waals surface area contributed by atoms with Crippen molar-refractivity contribution in [2.24, 2.45) is 5.10 Å². The Balaban J connectivity index is 1.64. The number of amides is 1. The first-order valence-electron chi connectivity index (χ1n) is 9.60. The fourth-order valence-corrected chi connectivity index (χ4v) is 3.25. The van der Waals surface area contributed by atoms with E-state index in [0.717, 1.165) is 5.56 Å². The number of methoxy groups -OCH3 is 2. The lowest BCUT2D eigenvalue weighted by atomic mass is 10.1. The topological polar surface area (TPSA) is 129 Å².